The third-order valence-electron chi connectivity index (χ3n) is 4.83. The van der Waals surface area contributed by atoms with E-state index >= 15 is 0 Å². The van der Waals surface area contributed by atoms with E-state index in [0.29, 0.717) is 0 Å². The van der Waals surface area contributed by atoms with Crippen molar-refractivity contribution >= 4 is 34.4 Å². The molecule has 2 rings (SSSR count). The fourth-order valence-electron chi connectivity index (χ4n) is 2.95. The van der Waals surface area contributed by atoms with Gasteiger partial charge in [-0.25, -0.2) is 0 Å². The third-order valence-corrected chi connectivity index (χ3v) is 5.68. The van der Waals surface area contributed by atoms with Gasteiger partial charge < -0.3 is 0 Å². The number of rotatable bonds is 9. The molecule has 0 aliphatic carbocycles. The molecule has 1 heterocycles. The zero-order chi connectivity index (χ0) is 26.3. The highest BCUT2D eigenvalue weighted by molar-refractivity contribution is 14.1. The second-order valence-electron chi connectivity index (χ2n) is 7.20. The van der Waals surface area contributed by atoms with E-state index in [1.165, 1.54) is 24.3 Å². The maximum atomic E-state index is 13.8. The molecule has 0 radical (unpaired) electrons. The Morgan fingerprint density at radius 1 is 0.765 bits per heavy atom. The minimum absolute atomic E-state index is 0.0317. The molecule has 34 heavy (non-hydrogen) atoms. The first kappa shape index (κ1) is 28.3. The molecule has 0 fully saturated rings. The topological polar surface area (TPSA) is 37.4 Å². The number of fused-ring (bicyclic) bond motifs is 1. The van der Waals surface area contributed by atoms with Crippen molar-refractivity contribution < 1.29 is 57.9 Å². The number of unbranched alkanes of at least 4 members (excludes halogenated alkanes) is 1. The number of nitrogens with zero attached hydrogens (tertiary/aromatic N) is 1. The van der Waals surface area contributed by atoms with E-state index in [0.717, 1.165) is 27.5 Å². The molecular formula is C19H13F11INO2. The molecule has 0 aromatic heterocycles. The van der Waals surface area contributed by atoms with Gasteiger partial charge in [-0.05, 0) is 57.6 Å². The fraction of sp³-hybridized carbons (Fsp3) is 0.474. The normalized spacial score (nSPS) is 16.4. The highest BCUT2D eigenvalue weighted by Gasteiger charge is 2.86. The van der Waals surface area contributed by atoms with E-state index < -0.39 is 57.8 Å². The summed E-state index contributed by atoms with van der Waals surface area (Å²) in [4.78, 5) is 25.2. The van der Waals surface area contributed by atoms with Crippen LogP contribution in [0.3, 0.4) is 0 Å². The summed E-state index contributed by atoms with van der Waals surface area (Å²) in [5.41, 5.74) is 0.279. The van der Waals surface area contributed by atoms with Gasteiger partial charge in [0.1, 0.15) is 0 Å². The Kier molecular flexibility index (Phi) is 7.71. The van der Waals surface area contributed by atoms with E-state index in [-0.39, 0.29) is 30.5 Å². The number of hydrogen-bond donors (Lipinski definition) is 0. The molecule has 1 aliphatic rings. The Morgan fingerprint density at radius 2 is 1.24 bits per heavy atom. The van der Waals surface area contributed by atoms with Crippen molar-refractivity contribution in [2.24, 2.45) is 0 Å². The summed E-state index contributed by atoms with van der Waals surface area (Å²) in [5.74, 6) is -29.3. The van der Waals surface area contributed by atoms with Gasteiger partial charge in [-0.1, -0.05) is 12.1 Å². The summed E-state index contributed by atoms with van der Waals surface area (Å²) >= 11 is 1.01. The molecule has 2 amide bonds. The average molecular weight is 623 g/mol. The molecule has 0 N–H and O–H groups in total. The first-order valence-corrected chi connectivity index (χ1v) is 10.3. The lowest BCUT2D eigenvalue weighted by atomic mass is 9.97. The predicted molar refractivity (Wildman–Crippen MR) is 104 cm³/mol. The van der Waals surface area contributed by atoms with E-state index in [1.807, 2.05) is 0 Å². The number of carbonyl (C=O) groups is 2. The molecule has 3 nitrogen and oxygen atoms in total. The van der Waals surface area contributed by atoms with Crippen LogP contribution in [0, 0.1) is 0 Å². The second kappa shape index (κ2) is 9.26. The molecular weight excluding hydrogens is 610 g/mol. The van der Waals surface area contributed by atoms with E-state index in [1.54, 1.807) is 0 Å². The van der Waals surface area contributed by atoms with Crippen molar-refractivity contribution in [3.63, 3.8) is 0 Å². The summed E-state index contributed by atoms with van der Waals surface area (Å²) in [6, 6.07) is 5.85. The van der Waals surface area contributed by atoms with Gasteiger partial charge in [0.25, 0.3) is 11.8 Å². The minimum Gasteiger partial charge on any atom is -0.274 e. The van der Waals surface area contributed by atoms with Gasteiger partial charge >= 0.3 is 29.9 Å². The fourth-order valence-corrected chi connectivity index (χ4v) is 3.72. The number of carbonyl (C=O) groups excluding carboxylic acids is 2. The first-order valence-electron chi connectivity index (χ1n) is 9.20. The zero-order valence-corrected chi connectivity index (χ0v) is 18.7. The Hall–Kier alpha value is -1.94. The molecule has 0 spiro atoms. The molecule has 0 atom stereocenters. The van der Waals surface area contributed by atoms with Gasteiger partial charge in [-0.15, -0.1) is 0 Å². The third kappa shape index (κ3) is 4.76. The van der Waals surface area contributed by atoms with Crippen LogP contribution in [0.2, 0.25) is 0 Å². The van der Waals surface area contributed by atoms with Crippen LogP contribution in [-0.2, 0) is 0 Å². The highest BCUT2D eigenvalue weighted by Crippen LogP contribution is 2.57. The second-order valence-corrected chi connectivity index (χ2v) is 8.59. The number of benzene rings is 1. The lowest BCUT2D eigenvalue weighted by Gasteiger charge is -2.36. The van der Waals surface area contributed by atoms with Crippen LogP contribution in [0.5, 0.6) is 0 Å². The molecule has 190 valence electrons. The molecule has 0 unspecified atom stereocenters. The SMILES string of the molecule is O=C1c2ccccc2C(=O)N1CCCCC(I)=CC(F)(F)C(F)(F)C(F)(F)C(F)(F)C(F)(F)F. The van der Waals surface area contributed by atoms with E-state index in [2.05, 4.69) is 0 Å². The largest absolute Gasteiger partial charge is 0.460 e. The first-order chi connectivity index (χ1) is 15.3. The van der Waals surface area contributed by atoms with Crippen molar-refractivity contribution in [3.8, 4) is 0 Å². The number of halogens is 12. The number of hydrogen-bond acceptors (Lipinski definition) is 2. The van der Waals surface area contributed by atoms with Crippen molar-refractivity contribution in [1.29, 1.82) is 0 Å². The van der Waals surface area contributed by atoms with E-state index in [4.69, 9.17) is 0 Å². The Bertz CT molecular complexity index is 954. The van der Waals surface area contributed by atoms with Gasteiger partial charge in [-0.3, -0.25) is 14.5 Å². The van der Waals surface area contributed by atoms with Crippen molar-refractivity contribution in [2.75, 3.05) is 6.54 Å². The van der Waals surface area contributed by atoms with Crippen LogP contribution in [0.4, 0.5) is 48.3 Å². The van der Waals surface area contributed by atoms with Crippen molar-refractivity contribution in [2.45, 2.75) is 49.1 Å². The number of amides is 2. The van der Waals surface area contributed by atoms with Gasteiger partial charge in [0, 0.05) is 12.6 Å². The predicted octanol–water partition coefficient (Wildman–Crippen LogP) is 6.88. The summed E-state index contributed by atoms with van der Waals surface area (Å²) in [5, 5.41) is 0. The lowest BCUT2D eigenvalue weighted by molar-refractivity contribution is -0.416. The lowest BCUT2D eigenvalue weighted by Crippen LogP contribution is -2.66. The standard InChI is InChI=1S/C19H13F11INO2/c20-15(21,16(22,23)17(24,25)18(26,27)19(28,29)30)9-10(31)5-3-4-8-32-13(33)11-6-1-2-7-12(11)14(32)34/h1-2,6-7,9H,3-5,8H2. The zero-order valence-electron chi connectivity index (χ0n) is 16.5. The maximum Gasteiger partial charge on any atom is 0.460 e. The monoisotopic (exact) mass is 623 g/mol. The van der Waals surface area contributed by atoms with Gasteiger partial charge in [0.05, 0.1) is 11.1 Å². The number of alkyl halides is 11. The Labute approximate surface area is 198 Å². The highest BCUT2D eigenvalue weighted by atomic mass is 127. The molecule has 0 bridgehead atoms. The van der Waals surface area contributed by atoms with Crippen LogP contribution in [-0.4, -0.2) is 53.1 Å². The minimum atomic E-state index is -7.46. The molecule has 15 heteroatoms. The molecule has 0 saturated heterocycles. The van der Waals surface area contributed by atoms with Crippen LogP contribution >= 0.6 is 22.6 Å². The average Bonchev–Trinajstić information content (AvgIpc) is 2.94. The smallest absolute Gasteiger partial charge is 0.274 e. The Morgan fingerprint density at radius 3 is 1.68 bits per heavy atom. The quantitative estimate of drug-likeness (QED) is 0.130. The van der Waals surface area contributed by atoms with Crippen LogP contribution < -0.4 is 0 Å². The molecule has 0 saturated carbocycles. The summed E-state index contributed by atoms with van der Waals surface area (Å²) < 4.78 is 143. The van der Waals surface area contributed by atoms with Gasteiger partial charge in [0.2, 0.25) is 0 Å². The molecule has 1 aliphatic heterocycles. The summed E-state index contributed by atoms with van der Waals surface area (Å²) in [6.07, 6.45) is -8.70. The molecule has 1 aromatic rings. The van der Waals surface area contributed by atoms with Crippen LogP contribution in [0.25, 0.3) is 0 Å². The van der Waals surface area contributed by atoms with E-state index in [9.17, 15) is 57.9 Å². The van der Waals surface area contributed by atoms with Crippen LogP contribution in [0.1, 0.15) is 40.0 Å². The van der Waals surface area contributed by atoms with Gasteiger partial charge in [0.15, 0.2) is 0 Å². The molecule has 1 aromatic carbocycles. The maximum absolute atomic E-state index is 13.8. The van der Waals surface area contributed by atoms with Gasteiger partial charge in [-0.2, -0.15) is 48.3 Å². The summed E-state index contributed by atoms with van der Waals surface area (Å²) in [6.45, 7) is -0.196. The van der Waals surface area contributed by atoms with Crippen LogP contribution in [0.15, 0.2) is 33.9 Å². The van der Waals surface area contributed by atoms with Crippen molar-refractivity contribution in [1.82, 2.24) is 4.90 Å². The summed E-state index contributed by atoms with van der Waals surface area (Å²) in [7, 11) is 0. The number of imide groups is 1. The number of allylic oxidation sites excluding steroid dienone is 2. The Balaban J connectivity index is 2.04. The van der Waals surface area contributed by atoms with Crippen molar-refractivity contribution in [3.05, 3.63) is 45.0 Å².